The van der Waals surface area contributed by atoms with Gasteiger partial charge in [-0.25, -0.2) is 4.67 Å². The summed E-state index contributed by atoms with van der Waals surface area (Å²) in [5.41, 5.74) is 0.902. The van der Waals surface area contributed by atoms with Crippen molar-refractivity contribution in [3.8, 4) is 0 Å². The van der Waals surface area contributed by atoms with E-state index in [1.165, 1.54) is 5.56 Å². The minimum Gasteiger partial charge on any atom is -0.297 e. The van der Waals surface area contributed by atoms with Crippen LogP contribution in [0.4, 0.5) is 0 Å². The van der Waals surface area contributed by atoms with E-state index in [0.717, 1.165) is 17.0 Å². The molecule has 24 heavy (non-hydrogen) atoms. The van der Waals surface area contributed by atoms with Crippen molar-refractivity contribution in [1.29, 1.82) is 0 Å². The van der Waals surface area contributed by atoms with Crippen molar-refractivity contribution in [2.45, 2.75) is 18.9 Å². The number of hydrogen-bond donors (Lipinski definition) is 0. The van der Waals surface area contributed by atoms with Crippen LogP contribution in [0.25, 0.3) is 0 Å². The molecule has 0 saturated carbocycles. The van der Waals surface area contributed by atoms with E-state index in [-0.39, 0.29) is 11.5 Å². The predicted molar refractivity (Wildman–Crippen MR) is 101 cm³/mol. The summed E-state index contributed by atoms with van der Waals surface area (Å²) in [6.45, 7) is 2.22. The van der Waals surface area contributed by atoms with Crippen LogP contribution in [0.3, 0.4) is 0 Å². The molecule has 0 bridgehead atoms. The van der Waals surface area contributed by atoms with Crippen molar-refractivity contribution in [2.75, 3.05) is 7.05 Å². The van der Waals surface area contributed by atoms with Crippen molar-refractivity contribution in [3.63, 3.8) is 0 Å². The summed E-state index contributed by atoms with van der Waals surface area (Å²) < 4.78 is 16.5. The highest BCUT2D eigenvalue weighted by molar-refractivity contribution is 7.73. The van der Waals surface area contributed by atoms with E-state index in [2.05, 4.69) is 54.1 Å². The van der Waals surface area contributed by atoms with Crippen LogP contribution in [0.2, 0.25) is 0 Å². The minimum atomic E-state index is -2.79. The van der Waals surface area contributed by atoms with Crippen LogP contribution in [0, 0.1) is 5.92 Å². The number of nitrogens with zero attached hydrogens (tertiary/aromatic N) is 1. The molecule has 3 atom stereocenters. The van der Waals surface area contributed by atoms with Crippen LogP contribution < -0.4 is 5.30 Å². The van der Waals surface area contributed by atoms with Crippen LogP contribution in [0.5, 0.6) is 0 Å². The zero-order valence-electron chi connectivity index (χ0n) is 14.1. The summed E-state index contributed by atoms with van der Waals surface area (Å²) in [5.74, 6) is 0.143. The fraction of sp³-hybridized carbons (Fsp3) is 0.238. The lowest BCUT2D eigenvalue weighted by Gasteiger charge is -2.37. The summed E-state index contributed by atoms with van der Waals surface area (Å²) in [7, 11) is -0.767. The highest BCUT2D eigenvalue weighted by atomic mass is 31.2. The molecule has 1 aliphatic heterocycles. The average molecular weight is 335 g/mol. The quantitative estimate of drug-likeness (QED) is 0.574. The number of hydrogen-bond acceptors (Lipinski definition) is 1. The summed E-state index contributed by atoms with van der Waals surface area (Å²) in [6.07, 6.45) is 7.50. The lowest BCUT2D eigenvalue weighted by atomic mass is 9.78. The van der Waals surface area contributed by atoms with E-state index in [1.54, 1.807) is 0 Å². The lowest BCUT2D eigenvalue weighted by Crippen LogP contribution is -2.39. The van der Waals surface area contributed by atoms with Crippen LogP contribution in [-0.4, -0.2) is 11.7 Å². The van der Waals surface area contributed by atoms with E-state index < -0.39 is 7.29 Å². The molecule has 2 aromatic carbocycles. The standard InChI is InChI=1S/C21H22NOP/c1-21(17-11-5-3-6-12-17)19-15-9-10-16-20(19)24(23,22(21)2)18-13-7-4-8-14-18/h3-9,11-16,19H,10H2,1-2H3/t19-,21+,24?/m0/s1. The maximum Gasteiger partial charge on any atom is 0.204 e. The summed E-state index contributed by atoms with van der Waals surface area (Å²) in [6, 6.07) is 20.4. The maximum absolute atomic E-state index is 14.3. The summed E-state index contributed by atoms with van der Waals surface area (Å²) in [4.78, 5) is 0. The van der Waals surface area contributed by atoms with Crippen LogP contribution in [0.1, 0.15) is 18.9 Å². The van der Waals surface area contributed by atoms with Crippen molar-refractivity contribution in [1.82, 2.24) is 4.67 Å². The Morgan fingerprint density at radius 2 is 1.67 bits per heavy atom. The monoisotopic (exact) mass is 335 g/mol. The second-order valence-electron chi connectivity index (χ2n) is 6.72. The third-order valence-electron chi connectivity index (χ3n) is 5.62. The molecule has 2 nitrogen and oxygen atoms in total. The average Bonchev–Trinajstić information content (AvgIpc) is 2.84. The molecular formula is C21H22NOP. The Bertz CT molecular complexity index is 856. The molecule has 4 rings (SSSR count). The largest absolute Gasteiger partial charge is 0.297 e. The third kappa shape index (κ3) is 1.97. The molecule has 1 fully saturated rings. The fourth-order valence-corrected chi connectivity index (χ4v) is 7.64. The molecular weight excluding hydrogens is 313 g/mol. The Hall–Kier alpha value is -1.89. The van der Waals surface area contributed by atoms with E-state index in [9.17, 15) is 4.57 Å². The first-order valence-corrected chi connectivity index (χ1v) is 10.1. The van der Waals surface area contributed by atoms with Crippen molar-refractivity contribution < 1.29 is 4.57 Å². The molecule has 0 spiro atoms. The summed E-state index contributed by atoms with van der Waals surface area (Å²) in [5, 5.41) is 2.02. The Labute approximate surface area is 143 Å². The van der Waals surface area contributed by atoms with E-state index in [1.807, 2.05) is 43.4 Å². The van der Waals surface area contributed by atoms with Crippen molar-refractivity contribution in [3.05, 3.63) is 89.8 Å². The molecule has 122 valence electrons. The van der Waals surface area contributed by atoms with Gasteiger partial charge in [-0.3, -0.25) is 4.57 Å². The number of rotatable bonds is 2. The first-order chi connectivity index (χ1) is 11.6. The van der Waals surface area contributed by atoms with Gasteiger partial charge in [0.15, 0.2) is 0 Å². The van der Waals surface area contributed by atoms with Crippen LogP contribution >= 0.6 is 7.29 Å². The van der Waals surface area contributed by atoms with Crippen LogP contribution in [-0.2, 0) is 10.1 Å². The predicted octanol–water partition coefficient (Wildman–Crippen LogP) is 4.91. The second-order valence-corrected chi connectivity index (χ2v) is 9.50. The second kappa shape index (κ2) is 5.58. The van der Waals surface area contributed by atoms with Gasteiger partial charge in [0.25, 0.3) is 0 Å². The van der Waals surface area contributed by atoms with E-state index >= 15 is 0 Å². The highest BCUT2D eigenvalue weighted by Gasteiger charge is 2.58. The highest BCUT2D eigenvalue weighted by Crippen LogP contribution is 2.72. The molecule has 2 aromatic rings. The topological polar surface area (TPSA) is 20.3 Å². The molecule has 0 aromatic heterocycles. The Kier molecular flexibility index (Phi) is 3.63. The SMILES string of the molecule is CN1[C@](C)(c2ccccc2)[C@H]2C=CCC=C2P1(=O)c1ccccc1. The fourth-order valence-electron chi connectivity index (χ4n) is 4.18. The molecule has 0 N–H and O–H groups in total. The Morgan fingerprint density at radius 3 is 2.33 bits per heavy atom. The van der Waals surface area contributed by atoms with Gasteiger partial charge in [-0.05, 0) is 38.1 Å². The van der Waals surface area contributed by atoms with Gasteiger partial charge in [-0.2, -0.15) is 0 Å². The first kappa shape index (κ1) is 15.6. The summed E-state index contributed by atoms with van der Waals surface area (Å²) >= 11 is 0. The van der Waals surface area contributed by atoms with Crippen molar-refractivity contribution >= 4 is 12.6 Å². The zero-order chi connectivity index (χ0) is 16.8. The maximum atomic E-state index is 14.3. The minimum absolute atomic E-state index is 0.143. The zero-order valence-corrected chi connectivity index (χ0v) is 15.0. The van der Waals surface area contributed by atoms with Gasteiger partial charge in [-0.1, -0.05) is 66.8 Å². The molecule has 0 amide bonds. The number of fused-ring (bicyclic) bond motifs is 1. The molecule has 0 radical (unpaired) electrons. The van der Waals surface area contributed by atoms with Gasteiger partial charge in [0, 0.05) is 16.5 Å². The first-order valence-electron chi connectivity index (χ1n) is 8.42. The van der Waals surface area contributed by atoms with Gasteiger partial charge in [0.1, 0.15) is 0 Å². The lowest BCUT2D eigenvalue weighted by molar-refractivity contribution is 0.228. The Morgan fingerprint density at radius 1 is 1.04 bits per heavy atom. The van der Waals surface area contributed by atoms with Gasteiger partial charge in [-0.15, -0.1) is 0 Å². The molecule has 2 aliphatic rings. The van der Waals surface area contributed by atoms with Crippen molar-refractivity contribution in [2.24, 2.45) is 5.92 Å². The number of allylic oxidation sites excluding steroid dienone is 2. The Balaban J connectivity index is 1.96. The molecule has 1 heterocycles. The molecule has 1 unspecified atom stereocenters. The van der Waals surface area contributed by atoms with Gasteiger partial charge >= 0.3 is 0 Å². The number of benzene rings is 2. The van der Waals surface area contributed by atoms with E-state index in [4.69, 9.17) is 0 Å². The molecule has 3 heteroatoms. The van der Waals surface area contributed by atoms with Gasteiger partial charge < -0.3 is 0 Å². The smallest absolute Gasteiger partial charge is 0.204 e. The third-order valence-corrected chi connectivity index (χ3v) is 9.04. The van der Waals surface area contributed by atoms with E-state index in [0.29, 0.717) is 0 Å². The van der Waals surface area contributed by atoms with Crippen LogP contribution in [0.15, 0.2) is 84.2 Å². The normalized spacial score (nSPS) is 32.4. The molecule has 1 aliphatic carbocycles. The van der Waals surface area contributed by atoms with Gasteiger partial charge in [0.05, 0.1) is 5.54 Å². The molecule has 1 saturated heterocycles. The van der Waals surface area contributed by atoms with Gasteiger partial charge in [0.2, 0.25) is 7.29 Å².